The Morgan fingerprint density at radius 1 is 0.926 bits per heavy atom. The number of quaternary nitrogens is 1. The van der Waals surface area contributed by atoms with Gasteiger partial charge in [0.2, 0.25) is 5.91 Å². The Morgan fingerprint density at radius 3 is 2.09 bits per heavy atom. The number of carbonyl (C=O) groups is 3. The number of fused-ring (bicyclic) bond motifs is 4. The standard InChI is InChI=1S/C39H42BCl2N3O8S/c1-49-27-7-3-24(4-8-27)20-51-30-12-11-29(31(41)34(30)52-21-25-5-9-28(50-2)10-6-25)35(46)43-23-39-13-16-45(17-14-39,18-15-39)19-26-22-54-37-32(42)36(47)44(37)33(26)38(48)53-40/h3-12,32,37H,13-23,40H2,1-2H3/p+1/t32-,37-,39?,45?/m1/s1. The number of rotatable bonds is 14. The maximum absolute atomic E-state index is 13.8. The zero-order chi connectivity index (χ0) is 38.0. The third-order valence-corrected chi connectivity index (χ3v) is 13.6. The summed E-state index contributed by atoms with van der Waals surface area (Å²) in [5.74, 6) is 1.83. The van der Waals surface area contributed by atoms with Gasteiger partial charge in [-0.15, -0.1) is 23.4 Å². The van der Waals surface area contributed by atoms with Crippen LogP contribution in [0.25, 0.3) is 0 Å². The van der Waals surface area contributed by atoms with E-state index in [-0.39, 0.29) is 40.8 Å². The average Bonchev–Trinajstić information content (AvgIpc) is 3.22. The molecule has 2 amide bonds. The van der Waals surface area contributed by atoms with Crippen molar-refractivity contribution in [1.29, 1.82) is 0 Å². The lowest BCUT2D eigenvalue weighted by molar-refractivity contribution is -0.941. The van der Waals surface area contributed by atoms with Crippen LogP contribution in [0.1, 0.15) is 40.7 Å². The first-order valence-electron chi connectivity index (χ1n) is 17.9. The Hall–Kier alpha value is -4.04. The van der Waals surface area contributed by atoms with Gasteiger partial charge in [0.05, 0.1) is 44.4 Å². The molecule has 1 N–H and O–H groups in total. The number of β-lactam (4-membered cyclic amide) rings is 1. The Labute approximate surface area is 330 Å². The second-order valence-corrected chi connectivity index (χ2v) is 16.3. The van der Waals surface area contributed by atoms with E-state index in [1.807, 2.05) is 48.5 Å². The summed E-state index contributed by atoms with van der Waals surface area (Å²) in [6.45, 7) is 4.42. The molecular formula is C39H43BCl2N3O8S+. The number of methoxy groups -OCH3 is 2. The number of halogens is 2. The predicted molar refractivity (Wildman–Crippen MR) is 209 cm³/mol. The maximum Gasteiger partial charge on any atom is 0.337 e. The van der Waals surface area contributed by atoms with Crippen molar-refractivity contribution < 1.29 is 42.5 Å². The number of nitrogens with zero attached hydrogens (tertiary/aromatic N) is 2. The Balaban J connectivity index is 1.02. The van der Waals surface area contributed by atoms with E-state index in [1.165, 1.54) is 12.9 Å². The molecule has 3 aromatic rings. The summed E-state index contributed by atoms with van der Waals surface area (Å²) in [5, 5.41) is 2.52. The Bertz CT molecular complexity index is 1920. The van der Waals surface area contributed by atoms with Crippen LogP contribution < -0.4 is 24.3 Å². The minimum absolute atomic E-state index is 0.0392. The van der Waals surface area contributed by atoms with E-state index in [0.29, 0.717) is 41.6 Å². The van der Waals surface area contributed by atoms with Crippen molar-refractivity contribution in [2.45, 2.75) is 43.2 Å². The minimum atomic E-state index is -0.617. The molecule has 3 aromatic carbocycles. The van der Waals surface area contributed by atoms with Gasteiger partial charge < -0.3 is 33.4 Å². The lowest BCUT2D eigenvalue weighted by Gasteiger charge is -2.56. The normalized spacial score (nSPS) is 24.3. The lowest BCUT2D eigenvalue weighted by Crippen LogP contribution is -2.66. The van der Waals surface area contributed by atoms with E-state index in [2.05, 4.69) is 5.32 Å². The Kier molecular flexibility index (Phi) is 11.3. The van der Waals surface area contributed by atoms with Crippen molar-refractivity contribution in [3.8, 4) is 23.0 Å². The van der Waals surface area contributed by atoms with Crippen molar-refractivity contribution in [2.24, 2.45) is 5.41 Å². The molecule has 4 saturated heterocycles. The monoisotopic (exact) mass is 794 g/mol. The average molecular weight is 796 g/mol. The summed E-state index contributed by atoms with van der Waals surface area (Å²) in [5.41, 5.74) is 3.40. The summed E-state index contributed by atoms with van der Waals surface area (Å²) in [4.78, 5) is 40.8. The van der Waals surface area contributed by atoms with E-state index in [1.54, 1.807) is 38.1 Å². The SMILES string of the molecule is BOC(=O)C1=C(C[N+]23CCC(CNC(=O)c4ccc(OCc5ccc(OC)cc5)c(OCc5ccc(OC)cc5)c4Cl)(CC2)CC3)CS[C@@H]2[C@H](Cl)C(=O)N12. The van der Waals surface area contributed by atoms with Gasteiger partial charge in [-0.05, 0) is 47.5 Å². The number of piperidine rings is 3. The minimum Gasteiger partial charge on any atom is -0.539 e. The highest BCUT2D eigenvalue weighted by atomic mass is 35.5. The predicted octanol–water partition coefficient (Wildman–Crippen LogP) is 5.11. The van der Waals surface area contributed by atoms with Crippen molar-refractivity contribution in [3.05, 3.63) is 93.6 Å². The largest absolute Gasteiger partial charge is 0.539 e. The molecule has 5 aliphatic heterocycles. The van der Waals surface area contributed by atoms with Crippen LogP contribution in [-0.4, -0.2) is 98.7 Å². The zero-order valence-corrected chi connectivity index (χ0v) is 32.9. The number of ether oxygens (including phenoxy) is 4. The lowest BCUT2D eigenvalue weighted by atomic mass is 9.70. The van der Waals surface area contributed by atoms with Gasteiger partial charge in [0.15, 0.2) is 11.5 Å². The molecular weight excluding hydrogens is 752 g/mol. The van der Waals surface area contributed by atoms with Gasteiger partial charge >= 0.3 is 14.0 Å². The highest BCUT2D eigenvalue weighted by Crippen LogP contribution is 2.47. The van der Waals surface area contributed by atoms with Crippen LogP contribution in [0.2, 0.25) is 5.02 Å². The fraction of sp³-hybridized carbons (Fsp3) is 0.410. The van der Waals surface area contributed by atoms with E-state index in [0.717, 1.165) is 71.6 Å². The van der Waals surface area contributed by atoms with Gasteiger partial charge in [-0.3, -0.25) is 14.5 Å². The number of nitrogens with one attached hydrogen (secondary N) is 1. The third kappa shape index (κ3) is 7.60. The number of carbonyl (C=O) groups excluding carboxylic acids is 3. The van der Waals surface area contributed by atoms with Crippen LogP contribution in [0.15, 0.2) is 71.9 Å². The molecule has 4 fully saturated rings. The number of thioether (sulfide) groups is 1. The second-order valence-electron chi connectivity index (χ2n) is 14.4. The molecule has 5 aliphatic rings. The number of benzene rings is 3. The highest BCUT2D eigenvalue weighted by molar-refractivity contribution is 8.00. The van der Waals surface area contributed by atoms with Crippen LogP contribution in [0, 0.1) is 5.41 Å². The van der Waals surface area contributed by atoms with Crippen LogP contribution in [0.3, 0.4) is 0 Å². The topological polar surface area (TPSA) is 113 Å². The van der Waals surface area contributed by atoms with Gasteiger partial charge in [0.25, 0.3) is 5.91 Å². The molecule has 15 heteroatoms. The van der Waals surface area contributed by atoms with E-state index in [9.17, 15) is 14.4 Å². The highest BCUT2D eigenvalue weighted by Gasteiger charge is 2.55. The van der Waals surface area contributed by atoms with Gasteiger partial charge in [-0.1, -0.05) is 35.9 Å². The summed E-state index contributed by atoms with van der Waals surface area (Å²) in [7, 11) is 4.58. The third-order valence-electron chi connectivity index (χ3n) is 11.3. The molecule has 2 atom stereocenters. The maximum atomic E-state index is 13.8. The molecule has 0 unspecified atom stereocenters. The van der Waals surface area contributed by atoms with Gasteiger partial charge in [-0.25, -0.2) is 4.79 Å². The van der Waals surface area contributed by atoms with E-state index in [4.69, 9.17) is 46.8 Å². The molecule has 11 nitrogen and oxygen atoms in total. The van der Waals surface area contributed by atoms with Gasteiger partial charge in [-0.2, -0.15) is 0 Å². The molecule has 5 heterocycles. The fourth-order valence-electron chi connectivity index (χ4n) is 7.84. The van der Waals surface area contributed by atoms with Crippen LogP contribution >= 0.6 is 35.0 Å². The van der Waals surface area contributed by atoms with E-state index < -0.39 is 11.3 Å². The van der Waals surface area contributed by atoms with E-state index >= 15 is 0 Å². The van der Waals surface area contributed by atoms with Crippen molar-refractivity contribution in [1.82, 2.24) is 10.2 Å². The summed E-state index contributed by atoms with van der Waals surface area (Å²) in [6.07, 6.45) is 2.79. The quantitative estimate of drug-likeness (QED) is 0.103. The molecule has 0 aliphatic carbocycles. The number of hydrogen-bond acceptors (Lipinski definition) is 9. The molecule has 0 aromatic heterocycles. The molecule has 2 bridgehead atoms. The zero-order valence-electron chi connectivity index (χ0n) is 30.5. The van der Waals surface area contributed by atoms with Crippen molar-refractivity contribution in [3.63, 3.8) is 0 Å². The number of amides is 2. The fourth-order valence-corrected chi connectivity index (χ4v) is 9.81. The van der Waals surface area contributed by atoms with Gasteiger partial charge in [0.1, 0.15) is 47.7 Å². The first-order valence-corrected chi connectivity index (χ1v) is 19.8. The molecule has 284 valence electrons. The van der Waals surface area contributed by atoms with Crippen LogP contribution in [0.4, 0.5) is 0 Å². The van der Waals surface area contributed by atoms with Crippen LogP contribution in [0.5, 0.6) is 23.0 Å². The smallest absolute Gasteiger partial charge is 0.337 e. The van der Waals surface area contributed by atoms with Gasteiger partial charge in [0, 0.05) is 42.5 Å². The Morgan fingerprint density at radius 2 is 1.52 bits per heavy atom. The first kappa shape index (κ1) is 38.2. The van der Waals surface area contributed by atoms with Crippen molar-refractivity contribution in [2.75, 3.05) is 52.7 Å². The molecule has 8 rings (SSSR count). The molecule has 54 heavy (non-hydrogen) atoms. The van der Waals surface area contributed by atoms with Crippen molar-refractivity contribution >= 4 is 60.8 Å². The second kappa shape index (κ2) is 16.0. The summed E-state index contributed by atoms with van der Waals surface area (Å²) >= 11 is 14.8. The molecule has 0 radical (unpaired) electrons. The summed E-state index contributed by atoms with van der Waals surface area (Å²) in [6, 6.07) is 18.5. The first-order chi connectivity index (χ1) is 26.1. The molecule has 0 spiro atoms. The number of hydrogen-bond donors (Lipinski definition) is 1. The summed E-state index contributed by atoms with van der Waals surface area (Å²) < 4.78 is 28.9. The molecule has 0 saturated carbocycles. The van der Waals surface area contributed by atoms with Crippen LogP contribution in [-0.2, 0) is 27.5 Å². The number of alkyl halides is 1.